The zero-order valence-electron chi connectivity index (χ0n) is 20.3. The van der Waals surface area contributed by atoms with Gasteiger partial charge in [0.05, 0.1) is 11.3 Å². The summed E-state index contributed by atoms with van der Waals surface area (Å²) in [6, 6.07) is 8.34. The van der Waals surface area contributed by atoms with E-state index in [4.69, 9.17) is 4.74 Å². The highest BCUT2D eigenvalue weighted by molar-refractivity contribution is 7.99. The van der Waals surface area contributed by atoms with Crippen molar-refractivity contribution in [3.63, 3.8) is 0 Å². The number of rotatable bonds is 9. The van der Waals surface area contributed by atoms with E-state index in [2.05, 4.69) is 41.2 Å². The molecule has 0 saturated heterocycles. The number of nitrogens with zero attached hydrogens (tertiary/aromatic N) is 4. The summed E-state index contributed by atoms with van der Waals surface area (Å²) in [6.07, 6.45) is 4.72. The van der Waals surface area contributed by atoms with Gasteiger partial charge in [-0.2, -0.15) is 5.26 Å². The molecule has 0 fully saturated rings. The number of nitriles is 1. The largest absolute Gasteiger partial charge is 0.485 e. The average Bonchev–Trinajstić information content (AvgIpc) is 3.36. The molecule has 3 aromatic rings. The van der Waals surface area contributed by atoms with E-state index < -0.39 is 0 Å². The molecule has 0 aliphatic heterocycles. The molecule has 0 saturated carbocycles. The molecular formula is C26H29N5O2S2. The summed E-state index contributed by atoms with van der Waals surface area (Å²) in [5, 5.41) is 22.5. The van der Waals surface area contributed by atoms with E-state index in [0.29, 0.717) is 34.0 Å². The normalized spacial score (nSPS) is 14.7. The van der Waals surface area contributed by atoms with Crippen molar-refractivity contribution in [2.24, 2.45) is 5.92 Å². The summed E-state index contributed by atoms with van der Waals surface area (Å²) >= 11 is 2.84. The van der Waals surface area contributed by atoms with Crippen LogP contribution in [0.3, 0.4) is 0 Å². The Kier molecular flexibility index (Phi) is 7.93. The van der Waals surface area contributed by atoms with Crippen LogP contribution in [0, 0.1) is 31.1 Å². The number of ether oxygens (including phenoxy) is 1. The van der Waals surface area contributed by atoms with E-state index in [0.717, 1.165) is 36.1 Å². The van der Waals surface area contributed by atoms with Crippen LogP contribution >= 0.6 is 23.1 Å². The second-order valence-corrected chi connectivity index (χ2v) is 10.9. The lowest BCUT2D eigenvalue weighted by Crippen LogP contribution is -2.15. The molecule has 1 aliphatic rings. The van der Waals surface area contributed by atoms with Crippen LogP contribution in [-0.4, -0.2) is 26.4 Å². The number of aromatic nitrogens is 3. The number of nitrogens with one attached hydrogen (secondary N) is 1. The fourth-order valence-electron chi connectivity index (χ4n) is 4.20. The van der Waals surface area contributed by atoms with Crippen LogP contribution in [0.4, 0.5) is 5.00 Å². The summed E-state index contributed by atoms with van der Waals surface area (Å²) in [5.74, 6) is 2.07. The smallest absolute Gasteiger partial charge is 0.235 e. The highest BCUT2D eigenvalue weighted by Gasteiger charge is 2.25. The first-order valence-electron chi connectivity index (χ1n) is 11.6. The zero-order valence-corrected chi connectivity index (χ0v) is 21.9. The van der Waals surface area contributed by atoms with Crippen LogP contribution in [0.1, 0.15) is 46.3 Å². The molecule has 182 valence electrons. The molecule has 0 bridgehead atoms. The number of carbonyl (C=O) groups excluding carboxylic acids is 1. The summed E-state index contributed by atoms with van der Waals surface area (Å²) in [6.45, 7) is 10.9. The van der Waals surface area contributed by atoms with Gasteiger partial charge in [0, 0.05) is 11.4 Å². The molecule has 1 aliphatic carbocycles. The highest BCUT2D eigenvalue weighted by atomic mass is 32.2. The van der Waals surface area contributed by atoms with Crippen LogP contribution in [0.2, 0.25) is 0 Å². The molecule has 7 nitrogen and oxygen atoms in total. The van der Waals surface area contributed by atoms with Crippen molar-refractivity contribution < 1.29 is 9.53 Å². The molecule has 35 heavy (non-hydrogen) atoms. The number of hydrogen-bond donors (Lipinski definition) is 1. The van der Waals surface area contributed by atoms with Crippen molar-refractivity contribution >= 4 is 34.0 Å². The first-order chi connectivity index (χ1) is 16.9. The van der Waals surface area contributed by atoms with E-state index in [-0.39, 0.29) is 18.3 Å². The Labute approximate surface area is 214 Å². The third-order valence-electron chi connectivity index (χ3n) is 6.00. The summed E-state index contributed by atoms with van der Waals surface area (Å²) in [7, 11) is 0. The van der Waals surface area contributed by atoms with Gasteiger partial charge >= 0.3 is 0 Å². The first kappa shape index (κ1) is 25.0. The molecule has 0 spiro atoms. The van der Waals surface area contributed by atoms with E-state index in [1.165, 1.54) is 33.5 Å². The number of fused-ring (bicyclic) bond motifs is 1. The average molecular weight is 508 g/mol. The minimum absolute atomic E-state index is 0.164. The Hall–Kier alpha value is -3.09. The van der Waals surface area contributed by atoms with Crippen LogP contribution in [0.5, 0.6) is 5.75 Å². The zero-order chi connectivity index (χ0) is 24.9. The molecule has 9 heteroatoms. The third kappa shape index (κ3) is 5.77. The lowest BCUT2D eigenvalue weighted by Gasteiger charge is -2.17. The standard InChI is InChI=1S/C26H29N5O2S2/c1-5-10-31-23(14-33-21-9-7-16(2)11-18(21)4)29-30-26(31)34-15-24(32)28-25-20(13-27)19-8-6-17(3)12-22(19)35-25/h5,7,9,11,17H,1,6,8,10,12,14-15H2,2-4H3,(H,28,32). The van der Waals surface area contributed by atoms with E-state index in [1.807, 2.05) is 30.5 Å². The van der Waals surface area contributed by atoms with Gasteiger partial charge in [-0.25, -0.2) is 0 Å². The molecule has 2 heterocycles. The monoisotopic (exact) mass is 507 g/mol. The maximum atomic E-state index is 12.7. The van der Waals surface area contributed by atoms with Crippen molar-refractivity contribution in [2.75, 3.05) is 11.1 Å². The number of hydrogen-bond acceptors (Lipinski definition) is 7. The van der Waals surface area contributed by atoms with Gasteiger partial charge in [0.25, 0.3) is 0 Å². The Bertz CT molecular complexity index is 1290. The predicted octanol–water partition coefficient (Wildman–Crippen LogP) is 5.45. The van der Waals surface area contributed by atoms with Crippen LogP contribution in [0.15, 0.2) is 36.0 Å². The maximum absolute atomic E-state index is 12.7. The lowest BCUT2D eigenvalue weighted by atomic mass is 9.89. The number of allylic oxidation sites excluding steroid dienone is 1. The quantitative estimate of drug-likeness (QED) is 0.306. The Morgan fingerprint density at radius 2 is 2.26 bits per heavy atom. The SMILES string of the molecule is C=CCn1c(COc2ccc(C)cc2C)nnc1SCC(=O)Nc1sc2c(c1C#N)CCC(C)C2. The number of anilines is 1. The fraction of sp³-hybridized carbons (Fsp3) is 0.385. The number of carbonyl (C=O) groups is 1. The van der Waals surface area contributed by atoms with Gasteiger partial charge in [-0.1, -0.05) is 42.5 Å². The summed E-state index contributed by atoms with van der Waals surface area (Å²) < 4.78 is 7.88. The van der Waals surface area contributed by atoms with Gasteiger partial charge < -0.3 is 10.1 Å². The molecule has 1 amide bonds. The number of amides is 1. The van der Waals surface area contributed by atoms with Gasteiger partial charge in [-0.3, -0.25) is 9.36 Å². The van der Waals surface area contributed by atoms with Gasteiger partial charge in [-0.05, 0) is 56.2 Å². The molecule has 1 aromatic carbocycles. The molecule has 0 radical (unpaired) electrons. The van der Waals surface area contributed by atoms with Crippen molar-refractivity contribution in [3.8, 4) is 11.8 Å². The number of aryl methyl sites for hydroxylation is 2. The van der Waals surface area contributed by atoms with Gasteiger partial charge in [0.15, 0.2) is 11.0 Å². The Morgan fingerprint density at radius 3 is 3.00 bits per heavy atom. The van der Waals surface area contributed by atoms with E-state index in [9.17, 15) is 10.1 Å². The number of benzene rings is 1. The predicted molar refractivity (Wildman–Crippen MR) is 140 cm³/mol. The number of thiophene rings is 1. The van der Waals surface area contributed by atoms with Gasteiger partial charge in [-0.15, -0.1) is 28.1 Å². The summed E-state index contributed by atoms with van der Waals surface area (Å²) in [5.41, 5.74) is 3.97. The highest BCUT2D eigenvalue weighted by Crippen LogP contribution is 2.39. The van der Waals surface area contributed by atoms with Crippen LogP contribution in [0.25, 0.3) is 0 Å². The third-order valence-corrected chi connectivity index (χ3v) is 8.14. The van der Waals surface area contributed by atoms with Crippen molar-refractivity contribution in [3.05, 3.63) is 63.8 Å². The molecule has 2 aromatic heterocycles. The molecule has 1 atom stereocenters. The second kappa shape index (κ2) is 11.1. The maximum Gasteiger partial charge on any atom is 0.235 e. The van der Waals surface area contributed by atoms with Crippen LogP contribution in [-0.2, 0) is 30.8 Å². The van der Waals surface area contributed by atoms with Crippen molar-refractivity contribution in [2.45, 2.75) is 58.3 Å². The molecule has 1 N–H and O–H groups in total. The Morgan fingerprint density at radius 1 is 1.43 bits per heavy atom. The topological polar surface area (TPSA) is 92.8 Å². The minimum atomic E-state index is -0.167. The minimum Gasteiger partial charge on any atom is -0.485 e. The first-order valence-corrected chi connectivity index (χ1v) is 13.4. The van der Waals surface area contributed by atoms with Gasteiger partial charge in [0.2, 0.25) is 5.91 Å². The van der Waals surface area contributed by atoms with Gasteiger partial charge in [0.1, 0.15) is 23.4 Å². The van der Waals surface area contributed by atoms with Crippen LogP contribution < -0.4 is 10.1 Å². The van der Waals surface area contributed by atoms with Crippen molar-refractivity contribution in [1.82, 2.24) is 14.8 Å². The van der Waals surface area contributed by atoms with Crippen molar-refractivity contribution in [1.29, 1.82) is 5.26 Å². The van der Waals surface area contributed by atoms with E-state index >= 15 is 0 Å². The van der Waals surface area contributed by atoms with E-state index in [1.54, 1.807) is 6.08 Å². The lowest BCUT2D eigenvalue weighted by molar-refractivity contribution is -0.113. The number of thioether (sulfide) groups is 1. The fourth-order valence-corrected chi connectivity index (χ4v) is 6.34. The summed E-state index contributed by atoms with van der Waals surface area (Å²) in [4.78, 5) is 14.0. The second-order valence-electron chi connectivity index (χ2n) is 8.86. The molecule has 1 unspecified atom stereocenters. The molecular weight excluding hydrogens is 478 g/mol. The molecule has 4 rings (SSSR count). The Balaban J connectivity index is 1.40.